The van der Waals surface area contributed by atoms with Gasteiger partial charge in [0.25, 0.3) is 5.91 Å². The highest BCUT2D eigenvalue weighted by atomic mass is 16.5. The van der Waals surface area contributed by atoms with Crippen LogP contribution < -0.4 is 5.32 Å². The maximum atomic E-state index is 12.8. The quantitative estimate of drug-likeness (QED) is 0.677. The second kappa shape index (κ2) is 8.31. The number of rotatable bonds is 5. The Morgan fingerprint density at radius 1 is 1.27 bits per heavy atom. The number of ether oxygens (including phenoxy) is 1. The Kier molecular flexibility index (Phi) is 5.59. The number of benzene rings is 1. The molecule has 3 aromatic rings. The molecular weight excluding hydrogens is 382 g/mol. The number of fused-ring (bicyclic) bond motifs is 1. The minimum Gasteiger partial charge on any atom is -0.365 e. The number of aryl methyl sites for hydroxylation is 4. The van der Waals surface area contributed by atoms with E-state index in [0.29, 0.717) is 26.1 Å². The van der Waals surface area contributed by atoms with E-state index in [1.165, 1.54) is 5.56 Å². The SMILES string of the molecule is Cc1[nH]c2ccc(NC(=O)C3CN(C(=O)CCn4nccc4C)CCO3)cc2c1C. The summed E-state index contributed by atoms with van der Waals surface area (Å²) in [5.74, 6) is -0.231. The van der Waals surface area contributed by atoms with Gasteiger partial charge in [0.15, 0.2) is 6.10 Å². The molecule has 4 rings (SSSR count). The Labute approximate surface area is 175 Å². The van der Waals surface area contributed by atoms with Crippen molar-refractivity contribution in [1.29, 1.82) is 0 Å². The van der Waals surface area contributed by atoms with E-state index in [-0.39, 0.29) is 18.4 Å². The molecule has 1 aliphatic rings. The highest BCUT2D eigenvalue weighted by Gasteiger charge is 2.29. The van der Waals surface area contributed by atoms with E-state index in [1.807, 2.05) is 42.8 Å². The van der Waals surface area contributed by atoms with Crippen LogP contribution in [0, 0.1) is 20.8 Å². The van der Waals surface area contributed by atoms with E-state index < -0.39 is 6.10 Å². The molecule has 0 bridgehead atoms. The Morgan fingerprint density at radius 2 is 2.10 bits per heavy atom. The molecule has 2 amide bonds. The maximum Gasteiger partial charge on any atom is 0.255 e. The van der Waals surface area contributed by atoms with E-state index in [0.717, 1.165) is 28.0 Å². The van der Waals surface area contributed by atoms with E-state index in [1.54, 1.807) is 11.1 Å². The minimum absolute atomic E-state index is 0.00541. The van der Waals surface area contributed by atoms with Crippen LogP contribution in [0.3, 0.4) is 0 Å². The zero-order valence-electron chi connectivity index (χ0n) is 17.6. The van der Waals surface area contributed by atoms with Crippen molar-refractivity contribution in [2.75, 3.05) is 25.0 Å². The lowest BCUT2D eigenvalue weighted by atomic mass is 10.1. The van der Waals surface area contributed by atoms with Crippen LogP contribution in [-0.2, 0) is 20.9 Å². The summed E-state index contributed by atoms with van der Waals surface area (Å²) in [7, 11) is 0. The highest BCUT2D eigenvalue weighted by Crippen LogP contribution is 2.24. The summed E-state index contributed by atoms with van der Waals surface area (Å²) in [5.41, 5.74) is 5.06. The lowest BCUT2D eigenvalue weighted by molar-refractivity contribution is -0.144. The van der Waals surface area contributed by atoms with E-state index in [2.05, 4.69) is 22.3 Å². The maximum absolute atomic E-state index is 12.8. The fraction of sp³-hybridized carbons (Fsp3) is 0.409. The van der Waals surface area contributed by atoms with Gasteiger partial charge in [-0.05, 0) is 50.6 Å². The monoisotopic (exact) mass is 409 g/mol. The summed E-state index contributed by atoms with van der Waals surface area (Å²) >= 11 is 0. The van der Waals surface area contributed by atoms with Gasteiger partial charge in [0.05, 0.1) is 13.2 Å². The Bertz CT molecular complexity index is 1080. The number of anilines is 1. The van der Waals surface area contributed by atoms with Crippen LogP contribution in [0.5, 0.6) is 0 Å². The van der Waals surface area contributed by atoms with E-state index >= 15 is 0 Å². The Balaban J connectivity index is 1.36. The third-order valence-electron chi connectivity index (χ3n) is 5.75. The molecule has 2 aromatic heterocycles. The molecule has 8 heteroatoms. The summed E-state index contributed by atoms with van der Waals surface area (Å²) in [5, 5.41) is 8.22. The van der Waals surface area contributed by atoms with Crippen LogP contribution in [0.1, 0.15) is 23.4 Å². The predicted octanol–water partition coefficient (Wildman–Crippen LogP) is 2.55. The molecule has 1 saturated heterocycles. The number of hydrogen-bond acceptors (Lipinski definition) is 4. The zero-order valence-corrected chi connectivity index (χ0v) is 17.6. The van der Waals surface area contributed by atoms with Crippen LogP contribution in [0.2, 0.25) is 0 Å². The Morgan fingerprint density at radius 3 is 2.87 bits per heavy atom. The molecule has 3 heterocycles. The molecule has 0 aliphatic carbocycles. The van der Waals surface area contributed by atoms with Crippen molar-refractivity contribution >= 4 is 28.4 Å². The normalized spacial score (nSPS) is 16.8. The molecular formula is C22H27N5O3. The number of aromatic nitrogens is 3. The predicted molar refractivity (Wildman–Crippen MR) is 114 cm³/mol. The van der Waals surface area contributed by atoms with Crippen LogP contribution >= 0.6 is 0 Å². The molecule has 1 aliphatic heterocycles. The fourth-order valence-corrected chi connectivity index (χ4v) is 3.79. The molecule has 30 heavy (non-hydrogen) atoms. The zero-order chi connectivity index (χ0) is 21.3. The molecule has 1 aromatic carbocycles. The van der Waals surface area contributed by atoms with Gasteiger partial charge in [0.1, 0.15) is 0 Å². The smallest absolute Gasteiger partial charge is 0.255 e. The number of carbonyl (C=O) groups is 2. The average molecular weight is 409 g/mol. The highest BCUT2D eigenvalue weighted by molar-refractivity contribution is 5.97. The van der Waals surface area contributed by atoms with Crippen LogP contribution in [-0.4, -0.2) is 57.3 Å². The molecule has 0 saturated carbocycles. The van der Waals surface area contributed by atoms with Crippen LogP contribution in [0.15, 0.2) is 30.5 Å². The Hall–Kier alpha value is -3.13. The van der Waals surface area contributed by atoms with Gasteiger partial charge in [0.2, 0.25) is 5.91 Å². The third kappa shape index (κ3) is 4.09. The van der Waals surface area contributed by atoms with Gasteiger partial charge < -0.3 is 19.9 Å². The summed E-state index contributed by atoms with van der Waals surface area (Å²) < 4.78 is 7.46. The lowest BCUT2D eigenvalue weighted by Crippen LogP contribution is -2.50. The van der Waals surface area contributed by atoms with Crippen LogP contribution in [0.25, 0.3) is 10.9 Å². The first-order valence-electron chi connectivity index (χ1n) is 10.2. The molecule has 1 atom stereocenters. The molecule has 8 nitrogen and oxygen atoms in total. The largest absolute Gasteiger partial charge is 0.365 e. The van der Waals surface area contributed by atoms with Crippen molar-refractivity contribution in [3.8, 4) is 0 Å². The third-order valence-corrected chi connectivity index (χ3v) is 5.75. The van der Waals surface area contributed by atoms with Gasteiger partial charge in [-0.1, -0.05) is 0 Å². The van der Waals surface area contributed by atoms with Gasteiger partial charge in [-0.25, -0.2) is 0 Å². The number of amides is 2. The van der Waals surface area contributed by atoms with Gasteiger partial charge >= 0.3 is 0 Å². The number of H-pyrrole nitrogens is 1. The van der Waals surface area contributed by atoms with Gasteiger partial charge in [-0.15, -0.1) is 0 Å². The van der Waals surface area contributed by atoms with Crippen molar-refractivity contribution < 1.29 is 14.3 Å². The number of hydrogen-bond donors (Lipinski definition) is 2. The van der Waals surface area contributed by atoms with Crippen molar-refractivity contribution in [2.24, 2.45) is 0 Å². The number of nitrogens with zero attached hydrogens (tertiary/aromatic N) is 3. The first-order valence-corrected chi connectivity index (χ1v) is 10.2. The second-order valence-electron chi connectivity index (χ2n) is 7.77. The summed E-state index contributed by atoms with van der Waals surface area (Å²) in [6, 6.07) is 7.70. The number of nitrogens with one attached hydrogen (secondary N) is 2. The first kappa shape index (κ1) is 20.2. The lowest BCUT2D eigenvalue weighted by Gasteiger charge is -2.32. The standard InChI is InChI=1S/C22H27N5O3/c1-14-6-8-23-27(14)9-7-21(28)26-10-11-30-20(13-26)22(29)25-17-4-5-19-18(12-17)15(2)16(3)24-19/h4-6,8,12,20,24H,7,9-11,13H2,1-3H3,(H,25,29). The minimum atomic E-state index is -0.682. The molecule has 0 radical (unpaired) electrons. The fourth-order valence-electron chi connectivity index (χ4n) is 3.79. The summed E-state index contributed by atoms with van der Waals surface area (Å²) in [6.45, 7) is 7.67. The molecule has 0 spiro atoms. The molecule has 1 fully saturated rings. The number of morpholine rings is 1. The van der Waals surface area contributed by atoms with E-state index in [9.17, 15) is 9.59 Å². The topological polar surface area (TPSA) is 92.2 Å². The van der Waals surface area contributed by atoms with Crippen molar-refractivity contribution in [3.63, 3.8) is 0 Å². The van der Waals surface area contributed by atoms with E-state index in [4.69, 9.17) is 4.74 Å². The second-order valence-corrected chi connectivity index (χ2v) is 7.77. The number of carbonyl (C=O) groups excluding carboxylic acids is 2. The number of aromatic amines is 1. The van der Waals surface area contributed by atoms with Crippen molar-refractivity contribution in [1.82, 2.24) is 19.7 Å². The van der Waals surface area contributed by atoms with Gasteiger partial charge in [-0.3, -0.25) is 14.3 Å². The van der Waals surface area contributed by atoms with Gasteiger partial charge in [0, 0.05) is 53.7 Å². The summed E-state index contributed by atoms with van der Waals surface area (Å²) in [4.78, 5) is 30.4. The summed E-state index contributed by atoms with van der Waals surface area (Å²) in [6.07, 6.45) is 1.39. The van der Waals surface area contributed by atoms with Crippen molar-refractivity contribution in [2.45, 2.75) is 39.8 Å². The first-order chi connectivity index (χ1) is 14.4. The molecule has 158 valence electrons. The van der Waals surface area contributed by atoms with Crippen LogP contribution in [0.4, 0.5) is 5.69 Å². The van der Waals surface area contributed by atoms with Gasteiger partial charge in [-0.2, -0.15) is 5.10 Å². The average Bonchev–Trinajstić information content (AvgIpc) is 3.28. The molecule has 1 unspecified atom stereocenters. The van der Waals surface area contributed by atoms with Crippen molar-refractivity contribution in [3.05, 3.63) is 47.4 Å². The molecule has 2 N–H and O–H groups in total.